The first-order valence-corrected chi connectivity index (χ1v) is 7.64. The Hall–Kier alpha value is -2.94. The van der Waals surface area contributed by atoms with Crippen LogP contribution in [0.3, 0.4) is 0 Å². The number of aromatic nitrogens is 1. The zero-order valence-electron chi connectivity index (χ0n) is 13.7. The molecule has 0 saturated carbocycles. The maximum atomic E-state index is 12.3. The Kier molecular flexibility index (Phi) is 4.66. The molecular formula is C16H16N2O7. The number of hydrogen-bond acceptors (Lipinski definition) is 8. The lowest BCUT2D eigenvalue weighted by atomic mass is 10.1. The summed E-state index contributed by atoms with van der Waals surface area (Å²) in [6.07, 6.45) is 0.522. The highest BCUT2D eigenvalue weighted by Gasteiger charge is 2.24. The van der Waals surface area contributed by atoms with Gasteiger partial charge in [0.1, 0.15) is 23.7 Å². The van der Waals surface area contributed by atoms with Gasteiger partial charge in [0.05, 0.1) is 17.2 Å². The van der Waals surface area contributed by atoms with E-state index in [1.807, 2.05) is 6.92 Å². The lowest BCUT2D eigenvalue weighted by molar-refractivity contribution is -0.385. The minimum Gasteiger partial charge on any atom is -0.467 e. The van der Waals surface area contributed by atoms with Crippen LogP contribution in [0.25, 0.3) is 0 Å². The van der Waals surface area contributed by atoms with Gasteiger partial charge in [-0.2, -0.15) is 0 Å². The zero-order chi connectivity index (χ0) is 18.0. The van der Waals surface area contributed by atoms with E-state index in [0.717, 1.165) is 0 Å². The van der Waals surface area contributed by atoms with E-state index in [9.17, 15) is 14.9 Å². The van der Waals surface area contributed by atoms with Crippen molar-refractivity contribution in [3.63, 3.8) is 0 Å². The highest BCUT2D eigenvalue weighted by Crippen LogP contribution is 2.33. The molecule has 0 aliphatic carbocycles. The minimum atomic E-state index is -0.595. The van der Waals surface area contributed by atoms with Crippen LogP contribution in [0.4, 0.5) is 5.69 Å². The first kappa shape index (κ1) is 16.9. The minimum absolute atomic E-state index is 0.0382. The van der Waals surface area contributed by atoms with Crippen LogP contribution in [0.1, 0.15) is 39.9 Å². The maximum absolute atomic E-state index is 12.3. The van der Waals surface area contributed by atoms with Gasteiger partial charge in [0, 0.05) is 23.3 Å². The molecule has 0 saturated heterocycles. The van der Waals surface area contributed by atoms with Crippen molar-refractivity contribution in [2.45, 2.75) is 33.5 Å². The third kappa shape index (κ3) is 3.31. The molecule has 0 spiro atoms. The average molecular weight is 348 g/mol. The molecule has 3 rings (SSSR count). The van der Waals surface area contributed by atoms with E-state index in [1.54, 1.807) is 6.92 Å². The van der Waals surface area contributed by atoms with Crippen molar-refractivity contribution in [1.29, 1.82) is 0 Å². The summed E-state index contributed by atoms with van der Waals surface area (Å²) in [5.74, 6) is 0.220. The molecule has 1 aromatic carbocycles. The Labute approximate surface area is 142 Å². The Bertz CT molecular complexity index is 828. The largest absolute Gasteiger partial charge is 0.467 e. The summed E-state index contributed by atoms with van der Waals surface area (Å²) in [4.78, 5) is 22.9. The molecule has 0 N–H and O–H groups in total. The van der Waals surface area contributed by atoms with E-state index in [2.05, 4.69) is 5.16 Å². The van der Waals surface area contributed by atoms with Crippen LogP contribution in [0.2, 0.25) is 0 Å². The first-order valence-electron chi connectivity index (χ1n) is 7.64. The van der Waals surface area contributed by atoms with Crippen LogP contribution < -0.4 is 4.74 Å². The van der Waals surface area contributed by atoms with Gasteiger partial charge in [0.25, 0.3) is 5.69 Å². The van der Waals surface area contributed by atoms with E-state index in [1.165, 1.54) is 12.1 Å². The number of aryl methyl sites for hydroxylation is 2. The van der Waals surface area contributed by atoms with E-state index in [4.69, 9.17) is 18.7 Å². The summed E-state index contributed by atoms with van der Waals surface area (Å²) in [7, 11) is 0. The molecule has 1 aromatic heterocycles. The van der Waals surface area contributed by atoms with Crippen molar-refractivity contribution < 1.29 is 28.5 Å². The predicted octanol–water partition coefficient (Wildman–Crippen LogP) is 2.68. The van der Waals surface area contributed by atoms with Crippen LogP contribution in [0, 0.1) is 17.0 Å². The number of ether oxygens (including phenoxy) is 3. The third-order valence-electron chi connectivity index (χ3n) is 3.81. The van der Waals surface area contributed by atoms with Gasteiger partial charge in [-0.25, -0.2) is 4.79 Å². The number of carbonyl (C=O) groups is 1. The molecule has 25 heavy (non-hydrogen) atoms. The van der Waals surface area contributed by atoms with Crippen LogP contribution in [-0.4, -0.2) is 22.8 Å². The molecule has 0 radical (unpaired) electrons. The summed E-state index contributed by atoms with van der Waals surface area (Å²) in [5, 5.41) is 14.9. The normalized spacial score (nSPS) is 13.0. The summed E-state index contributed by atoms with van der Waals surface area (Å²) in [6, 6.07) is 2.72. The van der Waals surface area contributed by atoms with Crippen molar-refractivity contribution in [1.82, 2.24) is 5.16 Å². The topological polar surface area (TPSA) is 114 Å². The molecule has 9 heteroatoms. The van der Waals surface area contributed by atoms with Gasteiger partial charge in [0.15, 0.2) is 6.79 Å². The summed E-state index contributed by atoms with van der Waals surface area (Å²) in [6.45, 7) is 3.53. The number of benzene rings is 1. The number of hydrogen-bond donors (Lipinski definition) is 0. The van der Waals surface area contributed by atoms with Gasteiger partial charge >= 0.3 is 5.97 Å². The maximum Gasteiger partial charge on any atom is 0.344 e. The van der Waals surface area contributed by atoms with Crippen LogP contribution in [0.15, 0.2) is 16.7 Å². The number of fused-ring (bicyclic) bond motifs is 1. The number of rotatable bonds is 5. The number of nitro groups is 1. The van der Waals surface area contributed by atoms with Crippen molar-refractivity contribution in [3.8, 4) is 5.75 Å². The standard InChI is InChI=1S/C16H16N2O7/c1-3-13-14(9(2)25-17-13)16(19)23-7-11-5-12(18(20)21)4-10-6-22-8-24-15(10)11/h4-5H,3,6-8H2,1-2H3. The molecule has 0 bridgehead atoms. The molecule has 132 valence electrons. The Morgan fingerprint density at radius 2 is 2.24 bits per heavy atom. The monoisotopic (exact) mass is 348 g/mol. The molecule has 2 heterocycles. The third-order valence-corrected chi connectivity index (χ3v) is 3.81. The Balaban J connectivity index is 1.85. The fourth-order valence-electron chi connectivity index (χ4n) is 2.63. The molecule has 0 fully saturated rings. The second-order valence-corrected chi connectivity index (χ2v) is 5.45. The molecule has 0 atom stereocenters. The summed E-state index contributed by atoms with van der Waals surface area (Å²) >= 11 is 0. The SMILES string of the molecule is CCc1noc(C)c1C(=O)OCc1cc([N+](=O)[O-])cc2c1OCOC2. The lowest BCUT2D eigenvalue weighted by Crippen LogP contribution is -2.15. The summed E-state index contributed by atoms with van der Waals surface area (Å²) < 4.78 is 20.9. The Morgan fingerprint density at radius 3 is 2.96 bits per heavy atom. The van der Waals surface area contributed by atoms with Crippen molar-refractivity contribution in [2.75, 3.05) is 6.79 Å². The predicted molar refractivity (Wildman–Crippen MR) is 83.1 cm³/mol. The van der Waals surface area contributed by atoms with Gasteiger partial charge < -0.3 is 18.7 Å². The van der Waals surface area contributed by atoms with Gasteiger partial charge in [0.2, 0.25) is 0 Å². The molecule has 9 nitrogen and oxygen atoms in total. The molecule has 0 unspecified atom stereocenters. The molecule has 2 aromatic rings. The molecular weight excluding hydrogens is 332 g/mol. The molecule has 1 aliphatic heterocycles. The fraction of sp³-hybridized carbons (Fsp3) is 0.375. The second-order valence-electron chi connectivity index (χ2n) is 5.45. The van der Waals surface area contributed by atoms with Crippen molar-refractivity contribution in [3.05, 3.63) is 50.4 Å². The first-order chi connectivity index (χ1) is 12.0. The van der Waals surface area contributed by atoms with Crippen LogP contribution in [0.5, 0.6) is 5.75 Å². The second kappa shape index (κ2) is 6.89. The highest BCUT2D eigenvalue weighted by atomic mass is 16.7. The fourth-order valence-corrected chi connectivity index (χ4v) is 2.63. The molecule has 0 amide bonds. The van der Waals surface area contributed by atoms with Gasteiger partial charge in [-0.3, -0.25) is 10.1 Å². The van der Waals surface area contributed by atoms with Gasteiger partial charge in [-0.05, 0) is 13.3 Å². The van der Waals surface area contributed by atoms with Crippen LogP contribution in [-0.2, 0) is 29.1 Å². The quantitative estimate of drug-likeness (QED) is 0.460. The highest BCUT2D eigenvalue weighted by molar-refractivity contribution is 5.91. The number of non-ortho nitro benzene ring substituents is 1. The van der Waals surface area contributed by atoms with E-state index < -0.39 is 10.9 Å². The zero-order valence-corrected chi connectivity index (χ0v) is 13.7. The number of carbonyl (C=O) groups excluding carboxylic acids is 1. The molecule has 1 aliphatic rings. The average Bonchev–Trinajstić information content (AvgIpc) is 2.99. The summed E-state index contributed by atoms with van der Waals surface area (Å²) in [5.41, 5.74) is 1.63. The van der Waals surface area contributed by atoms with Crippen molar-refractivity contribution in [2.24, 2.45) is 0 Å². The number of esters is 1. The smallest absolute Gasteiger partial charge is 0.344 e. The van der Waals surface area contributed by atoms with Gasteiger partial charge in [-0.15, -0.1) is 0 Å². The van der Waals surface area contributed by atoms with E-state index in [-0.39, 0.29) is 31.3 Å². The number of nitro benzene ring substituents is 1. The van der Waals surface area contributed by atoms with E-state index >= 15 is 0 Å². The number of nitrogens with zero attached hydrogens (tertiary/aromatic N) is 2. The van der Waals surface area contributed by atoms with Gasteiger partial charge in [-0.1, -0.05) is 12.1 Å². The van der Waals surface area contributed by atoms with Crippen LogP contribution >= 0.6 is 0 Å². The Morgan fingerprint density at radius 1 is 1.44 bits per heavy atom. The van der Waals surface area contributed by atoms with E-state index in [0.29, 0.717) is 34.8 Å². The lowest BCUT2D eigenvalue weighted by Gasteiger charge is -2.20. The van der Waals surface area contributed by atoms with Crippen molar-refractivity contribution >= 4 is 11.7 Å².